The van der Waals surface area contributed by atoms with Crippen LogP contribution in [0.3, 0.4) is 0 Å². The summed E-state index contributed by atoms with van der Waals surface area (Å²) >= 11 is 0. The zero-order valence-electron chi connectivity index (χ0n) is 11.6. The average molecular weight is 255 g/mol. The Morgan fingerprint density at radius 2 is 1.94 bits per heavy atom. The quantitative estimate of drug-likeness (QED) is 0.779. The number of carbonyl (C=O) groups is 2. The topological polar surface area (TPSA) is 66.8 Å². The van der Waals surface area contributed by atoms with Gasteiger partial charge in [-0.15, -0.1) is 0 Å². The molecule has 1 amide bonds. The van der Waals surface area contributed by atoms with E-state index in [2.05, 4.69) is 6.92 Å². The van der Waals surface area contributed by atoms with Gasteiger partial charge in [-0.3, -0.25) is 4.90 Å². The van der Waals surface area contributed by atoms with Crippen LogP contribution in [-0.4, -0.2) is 39.8 Å². The van der Waals surface area contributed by atoms with E-state index in [9.17, 15) is 14.7 Å². The maximum absolute atomic E-state index is 12.1. The van der Waals surface area contributed by atoms with Crippen molar-refractivity contribution in [3.05, 3.63) is 0 Å². The van der Waals surface area contributed by atoms with E-state index in [4.69, 9.17) is 4.74 Å². The second-order valence-electron chi connectivity index (χ2n) is 6.69. The van der Waals surface area contributed by atoms with Crippen molar-refractivity contribution in [1.29, 1.82) is 0 Å². The number of hydrogen-bond donors (Lipinski definition) is 1. The van der Waals surface area contributed by atoms with Crippen LogP contribution in [-0.2, 0) is 9.53 Å². The fourth-order valence-electron chi connectivity index (χ4n) is 3.10. The minimum atomic E-state index is -0.943. The van der Waals surface area contributed by atoms with E-state index in [1.807, 2.05) is 6.92 Å². The summed E-state index contributed by atoms with van der Waals surface area (Å²) < 4.78 is 5.32. The van der Waals surface area contributed by atoms with Gasteiger partial charge in [-0.25, -0.2) is 9.59 Å². The summed E-state index contributed by atoms with van der Waals surface area (Å²) in [5, 5.41) is 9.22. The first-order valence-electron chi connectivity index (χ1n) is 6.32. The normalized spacial score (nSPS) is 38.3. The molecule has 5 heteroatoms. The van der Waals surface area contributed by atoms with Gasteiger partial charge in [0.15, 0.2) is 0 Å². The molecule has 2 rings (SSSR count). The van der Waals surface area contributed by atoms with Crippen molar-refractivity contribution in [2.24, 2.45) is 11.3 Å². The van der Waals surface area contributed by atoms with Gasteiger partial charge in [-0.1, -0.05) is 13.8 Å². The van der Waals surface area contributed by atoms with E-state index in [0.717, 1.165) is 0 Å². The van der Waals surface area contributed by atoms with E-state index in [-0.39, 0.29) is 11.5 Å². The zero-order chi connectivity index (χ0) is 13.9. The molecule has 0 bridgehead atoms. The second kappa shape index (κ2) is 3.62. The van der Waals surface area contributed by atoms with Gasteiger partial charge in [0.2, 0.25) is 0 Å². The van der Waals surface area contributed by atoms with Gasteiger partial charge in [-0.05, 0) is 38.5 Å². The summed E-state index contributed by atoms with van der Waals surface area (Å²) in [5.41, 5.74) is -0.656. The summed E-state index contributed by atoms with van der Waals surface area (Å²) in [6.07, 6.45) is 0.0147. The molecule has 5 nitrogen and oxygen atoms in total. The number of ether oxygens (including phenoxy) is 1. The Labute approximate surface area is 107 Å². The van der Waals surface area contributed by atoms with Gasteiger partial charge in [0.25, 0.3) is 0 Å². The third-order valence-electron chi connectivity index (χ3n) is 4.24. The smallest absolute Gasteiger partial charge is 0.411 e. The van der Waals surface area contributed by atoms with Crippen LogP contribution in [0.25, 0.3) is 0 Å². The molecule has 1 heterocycles. The van der Waals surface area contributed by atoms with Crippen LogP contribution in [0.2, 0.25) is 0 Å². The van der Waals surface area contributed by atoms with Crippen LogP contribution in [0, 0.1) is 11.3 Å². The van der Waals surface area contributed by atoms with Crippen molar-refractivity contribution in [3.8, 4) is 0 Å². The van der Waals surface area contributed by atoms with Crippen molar-refractivity contribution < 1.29 is 19.4 Å². The minimum Gasteiger partial charge on any atom is -0.480 e. The van der Waals surface area contributed by atoms with E-state index >= 15 is 0 Å². The van der Waals surface area contributed by atoms with E-state index in [0.29, 0.717) is 12.3 Å². The highest BCUT2D eigenvalue weighted by atomic mass is 16.6. The molecular formula is C13H21NO4. The van der Waals surface area contributed by atoms with Crippen molar-refractivity contribution in [2.45, 2.75) is 58.7 Å². The molecule has 0 aromatic carbocycles. The Morgan fingerprint density at radius 3 is 2.39 bits per heavy atom. The molecule has 2 fully saturated rings. The van der Waals surface area contributed by atoms with Crippen molar-refractivity contribution >= 4 is 12.1 Å². The summed E-state index contributed by atoms with van der Waals surface area (Å²) in [5.74, 6) is -0.595. The van der Waals surface area contributed by atoms with Crippen LogP contribution < -0.4 is 0 Å². The van der Waals surface area contributed by atoms with E-state index in [1.165, 1.54) is 4.90 Å². The molecule has 1 N–H and O–H groups in total. The standard InChI is InChI=1S/C13H21NO4/c1-7-9-13(7,5)6-8(10(15)16)14(9)11(17)18-12(2,3)4/h7-9H,6H2,1-5H3,(H,15,16)/t7-,8-,9+,13-/m0/s1. The number of carboxylic acids is 1. The molecule has 1 saturated heterocycles. The highest BCUT2D eigenvalue weighted by Crippen LogP contribution is 2.63. The van der Waals surface area contributed by atoms with Gasteiger partial charge >= 0.3 is 12.1 Å². The third kappa shape index (κ3) is 1.85. The molecule has 0 aromatic heterocycles. The first-order chi connectivity index (χ1) is 8.08. The van der Waals surface area contributed by atoms with Crippen molar-refractivity contribution in [3.63, 3.8) is 0 Å². The summed E-state index contributed by atoms with van der Waals surface area (Å²) in [6.45, 7) is 9.45. The Bertz CT molecular complexity index is 400. The highest BCUT2D eigenvalue weighted by molar-refractivity contribution is 5.82. The van der Waals surface area contributed by atoms with Crippen LogP contribution >= 0.6 is 0 Å². The fourth-order valence-corrected chi connectivity index (χ4v) is 3.10. The van der Waals surface area contributed by atoms with Gasteiger partial charge < -0.3 is 9.84 Å². The number of likely N-dealkylation sites (tertiary alicyclic amines) is 1. The lowest BCUT2D eigenvalue weighted by atomic mass is 9.99. The lowest BCUT2D eigenvalue weighted by Crippen LogP contribution is -2.46. The summed E-state index contributed by atoms with van der Waals surface area (Å²) in [7, 11) is 0. The Kier molecular flexibility index (Phi) is 2.65. The van der Waals surface area contributed by atoms with Crippen LogP contribution in [0.5, 0.6) is 0 Å². The van der Waals surface area contributed by atoms with E-state index in [1.54, 1.807) is 20.8 Å². The lowest BCUT2D eigenvalue weighted by Gasteiger charge is -2.29. The highest BCUT2D eigenvalue weighted by Gasteiger charge is 2.70. The monoisotopic (exact) mass is 255 g/mol. The van der Waals surface area contributed by atoms with Crippen LogP contribution in [0.1, 0.15) is 41.0 Å². The number of carbonyl (C=O) groups excluding carboxylic acids is 1. The predicted octanol–water partition coefficient (Wildman–Crippen LogP) is 2.10. The molecule has 0 unspecified atom stereocenters. The summed E-state index contributed by atoms with van der Waals surface area (Å²) in [4.78, 5) is 24.8. The molecule has 4 atom stereocenters. The SMILES string of the molecule is C[C@H]1[C@H]2N(C(=O)OC(C)(C)C)[C@H](C(=O)O)C[C@@]12C. The Balaban J connectivity index is 2.19. The number of carboxylic acid groups (broad SMARTS) is 1. The first-order valence-corrected chi connectivity index (χ1v) is 6.32. The fraction of sp³-hybridized carbons (Fsp3) is 0.846. The van der Waals surface area contributed by atoms with E-state index < -0.39 is 23.7 Å². The number of rotatable bonds is 1. The predicted molar refractivity (Wildman–Crippen MR) is 65.2 cm³/mol. The minimum absolute atomic E-state index is 0.00782. The number of amides is 1. The third-order valence-corrected chi connectivity index (χ3v) is 4.24. The molecule has 0 aromatic rings. The molecule has 18 heavy (non-hydrogen) atoms. The number of piperidine rings is 1. The Hall–Kier alpha value is -1.26. The van der Waals surface area contributed by atoms with Crippen LogP contribution in [0.15, 0.2) is 0 Å². The number of nitrogens with zero attached hydrogens (tertiary/aromatic N) is 1. The average Bonchev–Trinajstić information content (AvgIpc) is 2.56. The second-order valence-corrected chi connectivity index (χ2v) is 6.69. The molecule has 102 valence electrons. The molecule has 2 aliphatic rings. The number of fused-ring (bicyclic) bond motifs is 1. The lowest BCUT2D eigenvalue weighted by molar-refractivity contribution is -0.142. The van der Waals surface area contributed by atoms with Gasteiger partial charge in [-0.2, -0.15) is 0 Å². The van der Waals surface area contributed by atoms with Gasteiger partial charge in [0.1, 0.15) is 11.6 Å². The summed E-state index contributed by atoms with van der Waals surface area (Å²) in [6, 6.07) is -0.737. The van der Waals surface area contributed by atoms with Crippen molar-refractivity contribution in [2.75, 3.05) is 0 Å². The molecule has 0 radical (unpaired) electrons. The molecule has 1 aliphatic heterocycles. The molecule has 0 spiro atoms. The van der Waals surface area contributed by atoms with Crippen LogP contribution in [0.4, 0.5) is 4.79 Å². The Morgan fingerprint density at radius 1 is 1.39 bits per heavy atom. The van der Waals surface area contributed by atoms with Gasteiger partial charge in [0.05, 0.1) is 0 Å². The zero-order valence-corrected chi connectivity index (χ0v) is 11.6. The largest absolute Gasteiger partial charge is 0.480 e. The molecular weight excluding hydrogens is 234 g/mol. The maximum atomic E-state index is 12.1. The molecule has 1 saturated carbocycles. The maximum Gasteiger partial charge on any atom is 0.411 e. The number of hydrogen-bond acceptors (Lipinski definition) is 3. The molecule has 1 aliphatic carbocycles. The van der Waals surface area contributed by atoms with Crippen molar-refractivity contribution in [1.82, 2.24) is 4.90 Å². The number of aliphatic carboxylic acids is 1. The van der Waals surface area contributed by atoms with Gasteiger partial charge in [0, 0.05) is 6.04 Å². The first kappa shape index (κ1) is 13.2.